The van der Waals surface area contributed by atoms with Crippen LogP contribution in [-0.4, -0.2) is 76.2 Å². The summed E-state index contributed by atoms with van der Waals surface area (Å²) in [5, 5.41) is 5.99. The number of benzene rings is 1. The van der Waals surface area contributed by atoms with Gasteiger partial charge in [0, 0.05) is 57.0 Å². The predicted molar refractivity (Wildman–Crippen MR) is 144 cm³/mol. The van der Waals surface area contributed by atoms with Gasteiger partial charge in [-0.05, 0) is 86.6 Å². The number of carbonyl (C=O) groups excluding carboxylic acids is 1. The molecule has 3 aliphatic carbocycles. The number of urea groups is 1. The highest BCUT2D eigenvalue weighted by atomic mass is 16.2. The molecule has 3 atom stereocenters. The second-order valence-corrected chi connectivity index (χ2v) is 11.3. The Bertz CT molecular complexity index is 1190. The highest BCUT2D eigenvalue weighted by Gasteiger charge is 2.36. The number of hydrogen-bond acceptors (Lipinski definition) is 6. The molecule has 3 fully saturated rings. The van der Waals surface area contributed by atoms with E-state index < -0.39 is 0 Å². The van der Waals surface area contributed by atoms with Gasteiger partial charge in [-0.15, -0.1) is 0 Å². The van der Waals surface area contributed by atoms with Gasteiger partial charge in [0.25, 0.3) is 0 Å². The summed E-state index contributed by atoms with van der Waals surface area (Å²) >= 11 is 0. The molecule has 9 nitrogen and oxygen atoms in total. The molecule has 0 radical (unpaired) electrons. The number of nitrogens with two attached hydrogens (primary N) is 1. The quantitative estimate of drug-likeness (QED) is 0.555. The van der Waals surface area contributed by atoms with Crippen LogP contribution in [0.25, 0.3) is 5.69 Å². The maximum atomic E-state index is 12.8. The third-order valence-electron chi connectivity index (χ3n) is 8.66. The van der Waals surface area contributed by atoms with Crippen LogP contribution in [0.3, 0.4) is 0 Å². The smallest absolute Gasteiger partial charge is 0.328 e. The molecular formula is C28H39N7O2. The van der Waals surface area contributed by atoms with E-state index in [0.29, 0.717) is 31.2 Å². The third-order valence-corrected chi connectivity index (χ3v) is 8.66. The molecule has 1 unspecified atom stereocenters. The first-order valence-corrected chi connectivity index (χ1v) is 14.0. The van der Waals surface area contributed by atoms with Crippen molar-refractivity contribution in [1.29, 1.82) is 0 Å². The zero-order valence-electron chi connectivity index (χ0n) is 21.6. The number of fused-ring (bicyclic) bond motifs is 1. The molecular weight excluding hydrogens is 466 g/mol. The fraction of sp³-hybridized carbons (Fsp3) is 0.607. The van der Waals surface area contributed by atoms with Crippen LogP contribution in [0.2, 0.25) is 0 Å². The number of nitrogens with one attached hydrogen (secondary N) is 2. The normalized spacial score (nSPS) is 25.8. The molecule has 2 aromatic rings. The predicted octanol–water partition coefficient (Wildman–Crippen LogP) is 2.12. The summed E-state index contributed by atoms with van der Waals surface area (Å²) in [7, 11) is 0. The number of aryl methyl sites for hydroxylation is 1. The third kappa shape index (κ3) is 5.58. The molecule has 1 saturated heterocycles. The number of carbonyl (C=O) groups is 1. The molecule has 1 aliphatic heterocycles. The summed E-state index contributed by atoms with van der Waals surface area (Å²) in [6.07, 6.45) is 11.2. The number of anilines is 1. The summed E-state index contributed by atoms with van der Waals surface area (Å²) < 4.78 is 1.56. The first-order valence-electron chi connectivity index (χ1n) is 14.0. The SMILES string of the molecule is N[C@H]1CC[C@H](N(CC2CC2)C2CCc3cc(-n4ccc(NC(=O)N5CCNCC5)nc4=O)ccc3C2)C1. The lowest BCUT2D eigenvalue weighted by Crippen LogP contribution is -2.48. The van der Waals surface area contributed by atoms with Crippen LogP contribution in [0.4, 0.5) is 10.6 Å². The highest BCUT2D eigenvalue weighted by molar-refractivity contribution is 5.88. The van der Waals surface area contributed by atoms with E-state index >= 15 is 0 Å². The second-order valence-electron chi connectivity index (χ2n) is 11.3. The Morgan fingerprint density at radius 3 is 2.65 bits per heavy atom. The lowest BCUT2D eigenvalue weighted by atomic mass is 9.86. The fourth-order valence-electron chi connectivity index (χ4n) is 6.37. The van der Waals surface area contributed by atoms with Crippen molar-refractivity contribution < 1.29 is 4.79 Å². The molecule has 4 N–H and O–H groups in total. The van der Waals surface area contributed by atoms with Gasteiger partial charge in [-0.3, -0.25) is 14.8 Å². The number of amides is 2. The maximum absolute atomic E-state index is 12.8. The minimum absolute atomic E-state index is 0.218. The van der Waals surface area contributed by atoms with Crippen molar-refractivity contribution in [3.05, 3.63) is 52.1 Å². The largest absolute Gasteiger partial charge is 0.354 e. The van der Waals surface area contributed by atoms with Crippen molar-refractivity contribution in [2.24, 2.45) is 11.7 Å². The second kappa shape index (κ2) is 10.6. The van der Waals surface area contributed by atoms with Gasteiger partial charge in [0.2, 0.25) is 0 Å². The summed E-state index contributed by atoms with van der Waals surface area (Å²) in [5.41, 5.74) is 9.44. The van der Waals surface area contributed by atoms with E-state index in [2.05, 4.69) is 32.7 Å². The summed E-state index contributed by atoms with van der Waals surface area (Å²) in [4.78, 5) is 34.0. The van der Waals surface area contributed by atoms with Crippen LogP contribution >= 0.6 is 0 Å². The van der Waals surface area contributed by atoms with Crippen LogP contribution in [0, 0.1) is 5.92 Å². The molecule has 2 heterocycles. The fourth-order valence-corrected chi connectivity index (χ4v) is 6.37. The minimum atomic E-state index is -0.389. The van der Waals surface area contributed by atoms with Gasteiger partial charge in [0.1, 0.15) is 5.82 Å². The van der Waals surface area contributed by atoms with E-state index in [1.54, 1.807) is 21.7 Å². The molecule has 198 valence electrons. The molecule has 37 heavy (non-hydrogen) atoms. The molecule has 0 bridgehead atoms. The minimum Gasteiger partial charge on any atom is -0.328 e. The Morgan fingerprint density at radius 1 is 1.08 bits per heavy atom. The van der Waals surface area contributed by atoms with Crippen molar-refractivity contribution in [2.75, 3.05) is 38.0 Å². The number of aromatic nitrogens is 2. The van der Waals surface area contributed by atoms with Gasteiger partial charge in [0.05, 0.1) is 5.69 Å². The topological polar surface area (TPSA) is 109 Å². The van der Waals surface area contributed by atoms with Crippen LogP contribution < -0.4 is 22.1 Å². The van der Waals surface area contributed by atoms with Crippen molar-refractivity contribution >= 4 is 11.8 Å². The zero-order valence-corrected chi connectivity index (χ0v) is 21.6. The average Bonchev–Trinajstić information content (AvgIpc) is 3.64. The van der Waals surface area contributed by atoms with E-state index in [1.807, 2.05) is 6.07 Å². The molecule has 6 rings (SSSR count). The van der Waals surface area contributed by atoms with Crippen molar-refractivity contribution in [2.45, 2.75) is 69.5 Å². The Labute approximate surface area is 218 Å². The van der Waals surface area contributed by atoms with Gasteiger partial charge in [-0.25, -0.2) is 9.59 Å². The molecule has 0 spiro atoms. The maximum Gasteiger partial charge on any atom is 0.354 e. The Balaban J connectivity index is 1.14. The summed E-state index contributed by atoms with van der Waals surface area (Å²) in [6, 6.07) is 9.42. The van der Waals surface area contributed by atoms with Gasteiger partial charge in [-0.2, -0.15) is 4.98 Å². The van der Waals surface area contributed by atoms with Crippen molar-refractivity contribution in [1.82, 2.24) is 24.7 Å². The molecule has 4 aliphatic rings. The van der Waals surface area contributed by atoms with Gasteiger partial charge in [0.15, 0.2) is 0 Å². The highest BCUT2D eigenvalue weighted by Crippen LogP contribution is 2.36. The molecule has 9 heteroatoms. The van der Waals surface area contributed by atoms with Gasteiger partial charge >= 0.3 is 11.7 Å². The van der Waals surface area contributed by atoms with Crippen molar-refractivity contribution in [3.8, 4) is 5.69 Å². The van der Waals surface area contributed by atoms with E-state index in [9.17, 15) is 9.59 Å². The van der Waals surface area contributed by atoms with Crippen LogP contribution in [0.15, 0.2) is 35.3 Å². The van der Waals surface area contributed by atoms with E-state index in [1.165, 1.54) is 36.9 Å². The van der Waals surface area contributed by atoms with Crippen LogP contribution in [0.5, 0.6) is 0 Å². The first kappa shape index (κ1) is 24.6. The summed E-state index contributed by atoms with van der Waals surface area (Å²) in [6.45, 7) is 4.06. The van der Waals surface area contributed by atoms with Crippen LogP contribution in [-0.2, 0) is 12.8 Å². The number of hydrogen-bond donors (Lipinski definition) is 3. The lowest BCUT2D eigenvalue weighted by Gasteiger charge is -2.39. The molecule has 1 aromatic carbocycles. The van der Waals surface area contributed by atoms with Crippen LogP contribution in [0.1, 0.15) is 49.7 Å². The Kier molecular flexibility index (Phi) is 7.01. The van der Waals surface area contributed by atoms with Gasteiger partial charge < -0.3 is 16.0 Å². The van der Waals surface area contributed by atoms with E-state index in [-0.39, 0.29) is 17.5 Å². The monoisotopic (exact) mass is 505 g/mol. The lowest BCUT2D eigenvalue weighted by molar-refractivity contribution is 0.116. The number of piperazine rings is 1. The molecule has 1 aromatic heterocycles. The summed E-state index contributed by atoms with van der Waals surface area (Å²) in [5.74, 6) is 1.16. The number of nitrogens with zero attached hydrogens (tertiary/aromatic N) is 4. The average molecular weight is 506 g/mol. The number of rotatable bonds is 6. The molecule has 2 saturated carbocycles. The standard InChI is InChI=1S/C28H39N7O2/c29-22-5-8-25(17-22)35(18-19-1-2-19)24-7-4-20-15-23(6-3-21(20)16-24)34-12-9-26(32-28(34)37)31-27(36)33-13-10-30-11-14-33/h3,6,9,12,15,19,22,24-25,30H,1-2,4-5,7-8,10-11,13-14,16-18,29H2,(H,31,32,36,37)/t22-,24?,25-/m0/s1. The molecule has 2 amide bonds. The zero-order chi connectivity index (χ0) is 25.4. The Hall–Kier alpha value is -2.75. The van der Waals surface area contributed by atoms with E-state index in [0.717, 1.165) is 56.8 Å². The van der Waals surface area contributed by atoms with Gasteiger partial charge in [-0.1, -0.05) is 6.07 Å². The first-order chi connectivity index (χ1) is 18.0. The van der Waals surface area contributed by atoms with Crippen molar-refractivity contribution in [3.63, 3.8) is 0 Å². The van der Waals surface area contributed by atoms with E-state index in [4.69, 9.17) is 5.73 Å². The Morgan fingerprint density at radius 2 is 1.92 bits per heavy atom.